The lowest BCUT2D eigenvalue weighted by Gasteiger charge is -2.00. The molecule has 0 fully saturated rings. The Morgan fingerprint density at radius 1 is 1.69 bits per heavy atom. The molecule has 5 heteroatoms. The van der Waals surface area contributed by atoms with Crippen LogP contribution in [0.5, 0.6) is 5.88 Å². The first kappa shape index (κ1) is 9.73. The highest BCUT2D eigenvalue weighted by atomic mass is 16.3. The van der Waals surface area contributed by atoms with E-state index < -0.39 is 0 Å². The number of aryl methyl sites for hydroxylation is 1. The van der Waals surface area contributed by atoms with Gasteiger partial charge in [0.2, 0.25) is 5.88 Å². The number of aromatic hydroxyl groups is 1. The largest absolute Gasteiger partial charge is 0.493 e. The Morgan fingerprint density at radius 2 is 2.46 bits per heavy atom. The fourth-order valence-corrected chi connectivity index (χ4v) is 1.05. The second-order valence-corrected chi connectivity index (χ2v) is 2.76. The van der Waals surface area contributed by atoms with Crippen LogP contribution in [0.1, 0.15) is 12.2 Å². The molecule has 0 unspecified atom stereocenters. The molecule has 0 radical (unpaired) electrons. The molecule has 1 aromatic heterocycles. The highest BCUT2D eigenvalue weighted by Crippen LogP contribution is 1.99. The summed E-state index contributed by atoms with van der Waals surface area (Å²) < 4.78 is 0. The van der Waals surface area contributed by atoms with Gasteiger partial charge in [-0.1, -0.05) is 0 Å². The van der Waals surface area contributed by atoms with Gasteiger partial charge in [-0.15, -0.1) is 0 Å². The van der Waals surface area contributed by atoms with Gasteiger partial charge in [-0.25, -0.2) is 4.98 Å². The van der Waals surface area contributed by atoms with Gasteiger partial charge in [0.25, 0.3) is 5.56 Å². The van der Waals surface area contributed by atoms with E-state index in [1.165, 1.54) is 0 Å². The van der Waals surface area contributed by atoms with Crippen molar-refractivity contribution in [3.05, 3.63) is 22.2 Å². The number of nitrogens with one attached hydrogen (secondary N) is 2. The predicted octanol–water partition coefficient (Wildman–Crippen LogP) is -0.373. The zero-order valence-corrected chi connectivity index (χ0v) is 7.50. The molecule has 0 aliphatic rings. The number of aromatic amines is 1. The molecule has 0 spiro atoms. The summed E-state index contributed by atoms with van der Waals surface area (Å²) in [6.07, 6.45) is 1.54. The first-order valence-corrected chi connectivity index (χ1v) is 4.16. The smallest absolute Gasteiger partial charge is 0.254 e. The molecule has 3 N–H and O–H groups in total. The number of nitrogens with zero attached hydrogens (tertiary/aromatic N) is 1. The average molecular weight is 183 g/mol. The molecule has 0 saturated heterocycles. The quantitative estimate of drug-likeness (QED) is 0.556. The lowest BCUT2D eigenvalue weighted by atomic mass is 10.3. The molecule has 1 aromatic rings. The van der Waals surface area contributed by atoms with Gasteiger partial charge in [-0.2, -0.15) is 0 Å². The van der Waals surface area contributed by atoms with Crippen LogP contribution in [0.2, 0.25) is 0 Å². The zero-order chi connectivity index (χ0) is 9.68. The van der Waals surface area contributed by atoms with Crippen molar-refractivity contribution in [1.82, 2.24) is 15.3 Å². The van der Waals surface area contributed by atoms with Crippen molar-refractivity contribution in [3.8, 4) is 5.88 Å². The van der Waals surface area contributed by atoms with Gasteiger partial charge >= 0.3 is 0 Å². The molecule has 0 aromatic carbocycles. The van der Waals surface area contributed by atoms with Crippen LogP contribution in [0, 0.1) is 0 Å². The molecule has 1 heterocycles. The Hall–Kier alpha value is -1.36. The van der Waals surface area contributed by atoms with E-state index in [2.05, 4.69) is 15.3 Å². The van der Waals surface area contributed by atoms with Gasteiger partial charge in [0.1, 0.15) is 5.82 Å². The lowest BCUT2D eigenvalue weighted by Crippen LogP contribution is -2.13. The van der Waals surface area contributed by atoms with Crippen molar-refractivity contribution >= 4 is 0 Å². The molecular formula is C8H13N3O2. The predicted molar refractivity (Wildman–Crippen MR) is 48.8 cm³/mol. The van der Waals surface area contributed by atoms with Crippen LogP contribution in [0.25, 0.3) is 0 Å². The number of aromatic nitrogens is 2. The topological polar surface area (TPSA) is 78.0 Å². The van der Waals surface area contributed by atoms with Crippen molar-refractivity contribution in [2.75, 3.05) is 13.6 Å². The van der Waals surface area contributed by atoms with Gasteiger partial charge in [0.15, 0.2) is 0 Å². The molecule has 0 amide bonds. The van der Waals surface area contributed by atoms with Crippen molar-refractivity contribution in [2.24, 2.45) is 0 Å². The van der Waals surface area contributed by atoms with E-state index in [0.717, 1.165) is 19.0 Å². The van der Waals surface area contributed by atoms with Crippen LogP contribution >= 0.6 is 0 Å². The number of rotatable bonds is 4. The molecule has 0 saturated carbocycles. The molecule has 13 heavy (non-hydrogen) atoms. The number of H-pyrrole nitrogens is 1. The van der Waals surface area contributed by atoms with Gasteiger partial charge in [0.05, 0.1) is 6.07 Å². The minimum atomic E-state index is -0.313. The third-order valence-electron chi connectivity index (χ3n) is 1.62. The summed E-state index contributed by atoms with van der Waals surface area (Å²) in [5.74, 6) is 0.309. The lowest BCUT2D eigenvalue weighted by molar-refractivity contribution is 0.447. The Bertz CT molecular complexity index is 321. The third kappa shape index (κ3) is 3.25. The van der Waals surface area contributed by atoms with Crippen LogP contribution in [0.15, 0.2) is 10.9 Å². The van der Waals surface area contributed by atoms with Crippen LogP contribution in [0.3, 0.4) is 0 Å². The second-order valence-electron chi connectivity index (χ2n) is 2.76. The molecule has 1 rings (SSSR count). The van der Waals surface area contributed by atoms with Crippen LogP contribution in [0.4, 0.5) is 0 Å². The summed E-state index contributed by atoms with van der Waals surface area (Å²) in [6, 6.07) is 1.06. The fraction of sp³-hybridized carbons (Fsp3) is 0.500. The van der Waals surface area contributed by atoms with Crippen molar-refractivity contribution < 1.29 is 5.11 Å². The Kier molecular flexibility index (Phi) is 3.45. The van der Waals surface area contributed by atoms with E-state index in [1.807, 2.05) is 7.05 Å². The maximum Gasteiger partial charge on any atom is 0.254 e. The van der Waals surface area contributed by atoms with Gasteiger partial charge in [-0.05, 0) is 20.0 Å². The number of hydrogen-bond acceptors (Lipinski definition) is 4. The molecule has 0 bridgehead atoms. The molecule has 0 atom stereocenters. The van der Waals surface area contributed by atoms with E-state index in [9.17, 15) is 4.79 Å². The molecule has 0 aliphatic heterocycles. The van der Waals surface area contributed by atoms with Crippen molar-refractivity contribution in [2.45, 2.75) is 12.8 Å². The zero-order valence-electron chi connectivity index (χ0n) is 7.50. The van der Waals surface area contributed by atoms with Gasteiger partial charge < -0.3 is 15.4 Å². The van der Waals surface area contributed by atoms with E-state index in [-0.39, 0.29) is 11.4 Å². The fourth-order valence-electron chi connectivity index (χ4n) is 1.05. The van der Waals surface area contributed by atoms with E-state index >= 15 is 0 Å². The Morgan fingerprint density at radius 3 is 3.08 bits per heavy atom. The SMILES string of the molecule is CNCCCc1nc(O)cc(=O)[nH]1. The minimum absolute atomic E-state index is 0.219. The standard InChI is InChI=1S/C8H13N3O2/c1-9-4-2-3-6-10-7(12)5-8(13)11-6/h5,9H,2-4H2,1H3,(H2,10,11,12,13). The van der Waals surface area contributed by atoms with Crippen LogP contribution in [-0.4, -0.2) is 28.7 Å². The molecular weight excluding hydrogens is 170 g/mol. The summed E-state index contributed by atoms with van der Waals surface area (Å²) in [5.41, 5.74) is -0.313. The average Bonchev–Trinajstić information content (AvgIpc) is 2.03. The maximum atomic E-state index is 10.9. The minimum Gasteiger partial charge on any atom is -0.493 e. The first-order valence-electron chi connectivity index (χ1n) is 4.16. The second kappa shape index (κ2) is 4.61. The van der Waals surface area contributed by atoms with E-state index in [0.29, 0.717) is 12.2 Å². The van der Waals surface area contributed by atoms with Gasteiger partial charge in [0, 0.05) is 6.42 Å². The highest BCUT2D eigenvalue weighted by molar-refractivity contribution is 5.06. The summed E-state index contributed by atoms with van der Waals surface area (Å²) in [5, 5.41) is 12.0. The summed E-state index contributed by atoms with van der Waals surface area (Å²) in [7, 11) is 1.86. The summed E-state index contributed by atoms with van der Waals surface area (Å²) in [4.78, 5) is 17.2. The summed E-state index contributed by atoms with van der Waals surface area (Å²) in [6.45, 7) is 0.860. The molecule has 5 nitrogen and oxygen atoms in total. The third-order valence-corrected chi connectivity index (χ3v) is 1.62. The number of hydrogen-bond donors (Lipinski definition) is 3. The molecule has 72 valence electrons. The first-order chi connectivity index (χ1) is 6.22. The van der Waals surface area contributed by atoms with Gasteiger partial charge in [-0.3, -0.25) is 4.79 Å². The summed E-state index contributed by atoms with van der Waals surface area (Å²) >= 11 is 0. The van der Waals surface area contributed by atoms with Crippen molar-refractivity contribution in [1.29, 1.82) is 0 Å². The molecule has 0 aliphatic carbocycles. The normalized spacial score (nSPS) is 10.2. The maximum absolute atomic E-state index is 10.9. The highest BCUT2D eigenvalue weighted by Gasteiger charge is 1.98. The van der Waals surface area contributed by atoms with E-state index in [1.54, 1.807) is 0 Å². The Labute approximate surface area is 75.8 Å². The monoisotopic (exact) mass is 183 g/mol. The Balaban J connectivity index is 2.61. The van der Waals surface area contributed by atoms with Crippen LogP contribution < -0.4 is 10.9 Å². The van der Waals surface area contributed by atoms with Crippen molar-refractivity contribution in [3.63, 3.8) is 0 Å². The van der Waals surface area contributed by atoms with E-state index in [4.69, 9.17) is 5.11 Å². The van der Waals surface area contributed by atoms with Crippen LogP contribution in [-0.2, 0) is 6.42 Å².